The molecule has 0 aliphatic heterocycles. The molecule has 1 aliphatic rings. The van der Waals surface area contributed by atoms with E-state index in [9.17, 15) is 0 Å². The summed E-state index contributed by atoms with van der Waals surface area (Å²) in [5.74, 6) is 2.18. The summed E-state index contributed by atoms with van der Waals surface area (Å²) in [6.07, 6.45) is 4.90. The van der Waals surface area contributed by atoms with Crippen LogP contribution in [0.25, 0.3) is 0 Å². The summed E-state index contributed by atoms with van der Waals surface area (Å²) in [7, 11) is 0. The molecule has 0 unspecified atom stereocenters. The van der Waals surface area contributed by atoms with Gasteiger partial charge in [0, 0.05) is 0 Å². The van der Waals surface area contributed by atoms with E-state index in [1.807, 2.05) is 0 Å². The van der Waals surface area contributed by atoms with Crippen LogP contribution in [0.1, 0.15) is 25.7 Å². The molecule has 0 aromatic heterocycles. The molecule has 50 valence electrons. The molecule has 1 aliphatic carbocycles. The molecule has 0 spiro atoms. The van der Waals surface area contributed by atoms with Crippen molar-refractivity contribution in [2.45, 2.75) is 35.8 Å². The summed E-state index contributed by atoms with van der Waals surface area (Å²) < 4.78 is 0.146. The quantitative estimate of drug-likeness (QED) is 0.577. The van der Waals surface area contributed by atoms with Gasteiger partial charge >= 0.3 is 62.1 Å². The third-order valence-electron chi connectivity index (χ3n) is 2.01. The van der Waals surface area contributed by atoms with Gasteiger partial charge in [-0.1, -0.05) is 0 Å². The van der Waals surface area contributed by atoms with E-state index in [-0.39, 0.29) is 4.31 Å². The van der Waals surface area contributed by atoms with Gasteiger partial charge in [0.1, 0.15) is 0 Å². The van der Waals surface area contributed by atoms with Crippen molar-refractivity contribution in [1.29, 1.82) is 5.26 Å². The molecule has 0 heterocycles. The Kier molecular flexibility index (Phi) is 2.16. The molecule has 0 saturated heterocycles. The second-order valence-corrected chi connectivity index (χ2v) is 5.01. The normalized spacial score (nSPS) is 23.6. The SMILES string of the molecule is C[Se]C1(C#N)CCCC1. The summed E-state index contributed by atoms with van der Waals surface area (Å²) in [5.41, 5.74) is 0. The first kappa shape index (κ1) is 7.12. The van der Waals surface area contributed by atoms with Crippen molar-refractivity contribution in [2.75, 3.05) is 0 Å². The van der Waals surface area contributed by atoms with E-state index in [0.717, 1.165) is 0 Å². The molecule has 1 nitrogen and oxygen atoms in total. The second-order valence-electron chi connectivity index (χ2n) is 2.52. The fourth-order valence-corrected chi connectivity index (χ4v) is 2.96. The summed E-state index contributed by atoms with van der Waals surface area (Å²) in [5, 5.41) is 8.78. The van der Waals surface area contributed by atoms with Crippen LogP contribution in [0, 0.1) is 11.3 Å². The summed E-state index contributed by atoms with van der Waals surface area (Å²) >= 11 is 0.540. The van der Waals surface area contributed by atoms with Crippen LogP contribution in [-0.4, -0.2) is 15.0 Å². The first-order chi connectivity index (χ1) is 4.33. The zero-order valence-corrected chi connectivity index (χ0v) is 7.40. The number of rotatable bonds is 1. The standard InChI is InChI=1S/C7H11NSe/c1-9-7(6-8)4-2-3-5-7/h2-5H2,1H3. The third-order valence-corrected chi connectivity index (χ3v) is 4.69. The van der Waals surface area contributed by atoms with Crippen molar-refractivity contribution in [2.24, 2.45) is 0 Å². The molecule has 1 saturated carbocycles. The van der Waals surface area contributed by atoms with Crippen LogP contribution in [0.15, 0.2) is 0 Å². The molecule has 0 N–H and O–H groups in total. The van der Waals surface area contributed by atoms with E-state index in [4.69, 9.17) is 5.26 Å². The van der Waals surface area contributed by atoms with Gasteiger partial charge in [0.15, 0.2) is 0 Å². The van der Waals surface area contributed by atoms with Crippen LogP contribution in [0.3, 0.4) is 0 Å². The van der Waals surface area contributed by atoms with Crippen molar-refractivity contribution in [1.82, 2.24) is 0 Å². The predicted octanol–water partition coefficient (Wildman–Crippen LogP) is 1.99. The molecule has 9 heavy (non-hydrogen) atoms. The van der Waals surface area contributed by atoms with Crippen LogP contribution in [0.2, 0.25) is 10.1 Å². The topological polar surface area (TPSA) is 23.8 Å². The van der Waals surface area contributed by atoms with E-state index in [1.54, 1.807) is 0 Å². The van der Waals surface area contributed by atoms with Gasteiger partial charge in [-0.3, -0.25) is 0 Å². The van der Waals surface area contributed by atoms with Crippen LogP contribution >= 0.6 is 0 Å². The molecule has 0 radical (unpaired) electrons. The van der Waals surface area contributed by atoms with Gasteiger partial charge in [-0.25, -0.2) is 0 Å². The van der Waals surface area contributed by atoms with E-state index < -0.39 is 0 Å². The number of hydrogen-bond donors (Lipinski definition) is 0. The molecule has 0 aromatic carbocycles. The Morgan fingerprint density at radius 3 is 2.22 bits per heavy atom. The molecule has 0 bridgehead atoms. The molecule has 1 rings (SSSR count). The van der Waals surface area contributed by atoms with Crippen molar-refractivity contribution >= 4 is 15.0 Å². The van der Waals surface area contributed by atoms with Gasteiger partial charge in [-0.05, 0) is 0 Å². The molecule has 0 atom stereocenters. The Morgan fingerprint density at radius 2 is 2.00 bits per heavy atom. The Balaban J connectivity index is 2.59. The van der Waals surface area contributed by atoms with Gasteiger partial charge in [0.25, 0.3) is 0 Å². The van der Waals surface area contributed by atoms with E-state index >= 15 is 0 Å². The zero-order chi connectivity index (χ0) is 6.74. The summed E-state index contributed by atoms with van der Waals surface area (Å²) in [6, 6.07) is 2.45. The maximum absolute atomic E-state index is 8.78. The van der Waals surface area contributed by atoms with Crippen LogP contribution in [-0.2, 0) is 0 Å². The van der Waals surface area contributed by atoms with E-state index in [2.05, 4.69) is 11.9 Å². The fourth-order valence-electron chi connectivity index (χ4n) is 1.31. The van der Waals surface area contributed by atoms with Gasteiger partial charge < -0.3 is 0 Å². The van der Waals surface area contributed by atoms with Gasteiger partial charge in [-0.2, -0.15) is 0 Å². The minimum absolute atomic E-state index is 0.146. The molecule has 0 aromatic rings. The zero-order valence-electron chi connectivity index (χ0n) is 5.68. The molecule has 0 amide bonds. The van der Waals surface area contributed by atoms with Gasteiger partial charge in [0.2, 0.25) is 0 Å². The van der Waals surface area contributed by atoms with Gasteiger partial charge in [0.05, 0.1) is 0 Å². The van der Waals surface area contributed by atoms with Crippen LogP contribution < -0.4 is 0 Å². The average Bonchev–Trinajstić information content (AvgIpc) is 2.36. The Morgan fingerprint density at radius 1 is 1.44 bits per heavy atom. The average molecular weight is 188 g/mol. The number of nitriles is 1. The summed E-state index contributed by atoms with van der Waals surface area (Å²) in [4.78, 5) is 0. The number of hydrogen-bond acceptors (Lipinski definition) is 1. The molecule has 2 heteroatoms. The van der Waals surface area contributed by atoms with Crippen molar-refractivity contribution in [3.63, 3.8) is 0 Å². The first-order valence-corrected chi connectivity index (χ1v) is 5.86. The Hall–Kier alpha value is 0.00948. The minimum atomic E-state index is 0.146. The van der Waals surface area contributed by atoms with E-state index in [0.29, 0.717) is 15.0 Å². The van der Waals surface area contributed by atoms with Crippen LogP contribution in [0.5, 0.6) is 0 Å². The molecular formula is C7H11NSe. The predicted molar refractivity (Wildman–Crippen MR) is 38.4 cm³/mol. The van der Waals surface area contributed by atoms with Crippen molar-refractivity contribution in [3.05, 3.63) is 0 Å². The Bertz CT molecular complexity index is 130. The maximum atomic E-state index is 8.78. The Labute approximate surface area is 62.6 Å². The van der Waals surface area contributed by atoms with Gasteiger partial charge in [-0.15, -0.1) is 0 Å². The van der Waals surface area contributed by atoms with Crippen molar-refractivity contribution in [3.8, 4) is 6.07 Å². The third kappa shape index (κ3) is 1.28. The first-order valence-electron chi connectivity index (χ1n) is 3.29. The summed E-state index contributed by atoms with van der Waals surface area (Å²) in [6.45, 7) is 0. The van der Waals surface area contributed by atoms with Crippen LogP contribution in [0.4, 0.5) is 0 Å². The second kappa shape index (κ2) is 2.73. The number of nitrogens with zero attached hydrogens (tertiary/aromatic N) is 1. The fraction of sp³-hybridized carbons (Fsp3) is 0.857. The van der Waals surface area contributed by atoms with Crippen molar-refractivity contribution < 1.29 is 0 Å². The monoisotopic (exact) mass is 189 g/mol. The molecular weight excluding hydrogens is 177 g/mol. The molecule has 1 fully saturated rings. The van der Waals surface area contributed by atoms with E-state index in [1.165, 1.54) is 25.7 Å².